The van der Waals surface area contributed by atoms with Gasteiger partial charge < -0.3 is 9.88 Å². The number of hydrogen-bond donors (Lipinski definition) is 1. The lowest BCUT2D eigenvalue weighted by atomic mass is 9.84. The van der Waals surface area contributed by atoms with Crippen LogP contribution in [0, 0.1) is 19.3 Å². The van der Waals surface area contributed by atoms with Crippen molar-refractivity contribution in [3.63, 3.8) is 0 Å². The standard InChI is InChI=1S/C32H44N4O/c1-21(2)30-27-18-25(8-9-28(27)34-31(30)26-16-22(3)33-23(4)17-26)24-10-14-35(15-11-24)19-29(37)36-13-7-12-32(5,6)20-36/h8-9,16-18,21,24,34H,7,10-15,19-20H2,1-6H3. The molecule has 0 bridgehead atoms. The summed E-state index contributed by atoms with van der Waals surface area (Å²) >= 11 is 0. The molecule has 0 spiro atoms. The lowest BCUT2D eigenvalue weighted by molar-refractivity contribution is -0.135. The molecule has 37 heavy (non-hydrogen) atoms. The average Bonchev–Trinajstić information content (AvgIpc) is 3.22. The molecule has 198 valence electrons. The zero-order valence-electron chi connectivity index (χ0n) is 23.7. The fourth-order valence-electron chi connectivity index (χ4n) is 6.64. The fourth-order valence-corrected chi connectivity index (χ4v) is 6.64. The Labute approximate surface area is 222 Å². The molecule has 3 aromatic rings. The molecule has 0 atom stereocenters. The van der Waals surface area contributed by atoms with E-state index in [2.05, 4.69) is 91.6 Å². The number of piperidine rings is 2. The van der Waals surface area contributed by atoms with E-state index in [0.29, 0.717) is 24.3 Å². The maximum atomic E-state index is 13.0. The number of pyridine rings is 1. The fraction of sp³-hybridized carbons (Fsp3) is 0.562. The lowest BCUT2D eigenvalue weighted by Gasteiger charge is -2.39. The van der Waals surface area contributed by atoms with Gasteiger partial charge in [-0.05, 0) is 105 Å². The van der Waals surface area contributed by atoms with E-state index >= 15 is 0 Å². The highest BCUT2D eigenvalue weighted by molar-refractivity contribution is 5.92. The van der Waals surface area contributed by atoms with Crippen LogP contribution in [-0.4, -0.2) is 58.4 Å². The van der Waals surface area contributed by atoms with Gasteiger partial charge in [0, 0.05) is 40.9 Å². The number of rotatable bonds is 5. The van der Waals surface area contributed by atoms with Crippen molar-refractivity contribution in [1.29, 1.82) is 0 Å². The number of aromatic amines is 1. The first-order valence-corrected chi connectivity index (χ1v) is 14.2. The van der Waals surface area contributed by atoms with Crippen molar-refractivity contribution in [2.24, 2.45) is 5.41 Å². The van der Waals surface area contributed by atoms with Gasteiger partial charge in [0.05, 0.1) is 12.2 Å². The van der Waals surface area contributed by atoms with Gasteiger partial charge in [-0.25, -0.2) is 0 Å². The maximum Gasteiger partial charge on any atom is 0.236 e. The van der Waals surface area contributed by atoms with E-state index in [4.69, 9.17) is 0 Å². The third-order valence-electron chi connectivity index (χ3n) is 8.48. The largest absolute Gasteiger partial charge is 0.354 e. The van der Waals surface area contributed by atoms with Gasteiger partial charge >= 0.3 is 0 Å². The molecule has 2 aliphatic heterocycles. The Balaban J connectivity index is 1.30. The first-order valence-electron chi connectivity index (χ1n) is 14.2. The Morgan fingerprint density at radius 3 is 2.43 bits per heavy atom. The van der Waals surface area contributed by atoms with Crippen LogP contribution in [0.1, 0.15) is 87.7 Å². The van der Waals surface area contributed by atoms with Crippen molar-refractivity contribution < 1.29 is 4.79 Å². The van der Waals surface area contributed by atoms with Crippen LogP contribution in [0.4, 0.5) is 0 Å². The molecule has 1 amide bonds. The number of aryl methyl sites for hydroxylation is 2. The van der Waals surface area contributed by atoms with E-state index in [0.717, 1.165) is 56.8 Å². The highest BCUT2D eigenvalue weighted by atomic mass is 16.2. The summed E-state index contributed by atoms with van der Waals surface area (Å²) in [5.74, 6) is 1.28. The lowest BCUT2D eigenvalue weighted by Crippen LogP contribution is -2.48. The van der Waals surface area contributed by atoms with Gasteiger partial charge in [0.15, 0.2) is 0 Å². The Morgan fingerprint density at radius 2 is 1.78 bits per heavy atom. The van der Waals surface area contributed by atoms with Crippen LogP contribution in [0.5, 0.6) is 0 Å². The van der Waals surface area contributed by atoms with Gasteiger partial charge in [-0.2, -0.15) is 0 Å². The topological polar surface area (TPSA) is 52.2 Å². The molecule has 1 N–H and O–H groups in total. The number of carbonyl (C=O) groups is 1. The molecule has 5 rings (SSSR count). The molecule has 5 nitrogen and oxygen atoms in total. The van der Waals surface area contributed by atoms with Gasteiger partial charge in [0.1, 0.15) is 0 Å². The van der Waals surface area contributed by atoms with Crippen molar-refractivity contribution in [2.75, 3.05) is 32.7 Å². The molecule has 0 radical (unpaired) electrons. The second-order valence-corrected chi connectivity index (χ2v) is 12.6. The molecule has 0 unspecified atom stereocenters. The number of hydrogen-bond acceptors (Lipinski definition) is 3. The predicted molar refractivity (Wildman–Crippen MR) is 153 cm³/mol. The maximum absolute atomic E-state index is 13.0. The zero-order chi connectivity index (χ0) is 26.3. The monoisotopic (exact) mass is 500 g/mol. The minimum atomic E-state index is 0.252. The van der Waals surface area contributed by atoms with Gasteiger partial charge in [-0.1, -0.05) is 33.8 Å². The van der Waals surface area contributed by atoms with Crippen LogP contribution in [0.3, 0.4) is 0 Å². The number of carbonyl (C=O) groups excluding carboxylic acids is 1. The first kappa shape index (κ1) is 26.0. The summed E-state index contributed by atoms with van der Waals surface area (Å²) in [4.78, 5) is 25.8. The summed E-state index contributed by atoms with van der Waals surface area (Å²) in [5, 5.41) is 1.35. The SMILES string of the molecule is Cc1cc(-c2[nH]c3ccc(C4CCN(CC(=O)N5CCCC(C)(C)C5)CC4)cc3c2C(C)C)cc(C)n1. The molecular formula is C32H44N4O. The number of H-pyrrole nitrogens is 1. The molecule has 1 aromatic carbocycles. The number of nitrogens with zero attached hydrogens (tertiary/aromatic N) is 3. The Bertz CT molecular complexity index is 1260. The highest BCUT2D eigenvalue weighted by Crippen LogP contribution is 2.38. The van der Waals surface area contributed by atoms with Gasteiger partial charge in [-0.3, -0.25) is 14.7 Å². The van der Waals surface area contributed by atoms with E-state index < -0.39 is 0 Å². The van der Waals surface area contributed by atoms with E-state index in [9.17, 15) is 4.79 Å². The number of nitrogens with one attached hydrogen (secondary N) is 1. The van der Waals surface area contributed by atoms with Crippen molar-refractivity contribution >= 4 is 16.8 Å². The van der Waals surface area contributed by atoms with Crippen LogP contribution in [0.2, 0.25) is 0 Å². The molecule has 2 saturated heterocycles. The summed E-state index contributed by atoms with van der Waals surface area (Å²) in [6, 6.07) is 11.4. The van der Waals surface area contributed by atoms with Crippen molar-refractivity contribution in [3.05, 3.63) is 52.8 Å². The quantitative estimate of drug-likeness (QED) is 0.419. The number of amides is 1. The Kier molecular flexibility index (Phi) is 7.19. The van der Waals surface area contributed by atoms with Crippen LogP contribution in [0.15, 0.2) is 30.3 Å². The van der Waals surface area contributed by atoms with Crippen LogP contribution in [-0.2, 0) is 4.79 Å². The van der Waals surface area contributed by atoms with E-state index in [1.165, 1.54) is 39.7 Å². The van der Waals surface area contributed by atoms with Crippen molar-refractivity contribution in [3.8, 4) is 11.3 Å². The normalized spacial score (nSPS) is 19.2. The van der Waals surface area contributed by atoms with Gasteiger partial charge in [0.2, 0.25) is 5.91 Å². The number of aromatic nitrogens is 2. The minimum absolute atomic E-state index is 0.252. The molecule has 0 aliphatic carbocycles. The Hall–Kier alpha value is -2.66. The summed E-state index contributed by atoms with van der Waals surface area (Å²) in [5.41, 5.74) is 8.85. The number of fused-ring (bicyclic) bond motifs is 1. The minimum Gasteiger partial charge on any atom is -0.354 e. The van der Waals surface area contributed by atoms with Gasteiger partial charge in [0.25, 0.3) is 0 Å². The third kappa shape index (κ3) is 5.62. The Morgan fingerprint density at radius 1 is 1.08 bits per heavy atom. The zero-order valence-corrected chi connectivity index (χ0v) is 23.7. The summed E-state index contributed by atoms with van der Waals surface area (Å²) in [6.45, 7) is 17.7. The third-order valence-corrected chi connectivity index (χ3v) is 8.48. The molecule has 4 heterocycles. The van der Waals surface area contributed by atoms with Crippen molar-refractivity contribution in [2.45, 2.75) is 79.1 Å². The summed E-state index contributed by atoms with van der Waals surface area (Å²) < 4.78 is 0. The van der Waals surface area contributed by atoms with Crippen LogP contribution >= 0.6 is 0 Å². The summed E-state index contributed by atoms with van der Waals surface area (Å²) in [6.07, 6.45) is 4.57. The number of likely N-dealkylation sites (tertiary alicyclic amines) is 2. The van der Waals surface area contributed by atoms with Crippen molar-refractivity contribution in [1.82, 2.24) is 19.8 Å². The predicted octanol–water partition coefficient (Wildman–Crippen LogP) is 6.80. The molecule has 2 aromatic heterocycles. The van der Waals surface area contributed by atoms with E-state index in [-0.39, 0.29) is 5.41 Å². The molecule has 0 saturated carbocycles. The molecule has 2 aliphatic rings. The average molecular weight is 501 g/mol. The molecular weight excluding hydrogens is 456 g/mol. The molecule has 5 heteroatoms. The summed E-state index contributed by atoms with van der Waals surface area (Å²) in [7, 11) is 0. The smallest absolute Gasteiger partial charge is 0.236 e. The van der Waals surface area contributed by atoms with Gasteiger partial charge in [-0.15, -0.1) is 0 Å². The second kappa shape index (κ2) is 10.2. The second-order valence-electron chi connectivity index (χ2n) is 12.6. The van der Waals surface area contributed by atoms with Crippen LogP contribution < -0.4 is 0 Å². The van der Waals surface area contributed by atoms with E-state index in [1.807, 2.05) is 0 Å². The molecule has 2 fully saturated rings. The van der Waals surface area contributed by atoms with Crippen LogP contribution in [0.25, 0.3) is 22.2 Å². The van der Waals surface area contributed by atoms with E-state index in [1.54, 1.807) is 0 Å². The first-order chi connectivity index (χ1) is 17.6. The highest BCUT2D eigenvalue weighted by Gasteiger charge is 2.31. The number of benzene rings is 1.